The van der Waals surface area contributed by atoms with Gasteiger partial charge in [-0.1, -0.05) is 0 Å². The highest BCUT2D eigenvalue weighted by molar-refractivity contribution is 6.11. The van der Waals surface area contributed by atoms with Crippen LogP contribution in [0.25, 0.3) is 5.69 Å². The lowest BCUT2D eigenvalue weighted by Gasteiger charge is -2.34. The third-order valence-corrected chi connectivity index (χ3v) is 6.07. The van der Waals surface area contributed by atoms with E-state index in [2.05, 4.69) is 10.2 Å². The van der Waals surface area contributed by atoms with Crippen LogP contribution in [0, 0.1) is 0 Å². The number of rotatable bonds is 8. The first-order valence-electron chi connectivity index (χ1n) is 11.4. The molecule has 4 rings (SSSR count). The average molecular weight is 496 g/mol. The molecule has 11 nitrogen and oxygen atoms in total. The highest BCUT2D eigenvalue weighted by Gasteiger charge is 2.29. The molecular weight excluding hydrogens is 466 g/mol. The van der Waals surface area contributed by atoms with Gasteiger partial charge in [0, 0.05) is 38.7 Å². The van der Waals surface area contributed by atoms with Crippen LogP contribution in [0.2, 0.25) is 0 Å². The van der Waals surface area contributed by atoms with Gasteiger partial charge in [0.15, 0.2) is 23.0 Å². The van der Waals surface area contributed by atoms with Gasteiger partial charge in [-0.2, -0.15) is 0 Å². The maximum atomic E-state index is 13.8. The molecule has 0 bridgehead atoms. The molecule has 0 atom stereocenters. The first-order valence-corrected chi connectivity index (χ1v) is 11.4. The van der Waals surface area contributed by atoms with Gasteiger partial charge in [0.25, 0.3) is 0 Å². The number of carbonyl (C=O) groups is 2. The van der Waals surface area contributed by atoms with Gasteiger partial charge in [-0.3, -0.25) is 9.59 Å². The van der Waals surface area contributed by atoms with Crippen LogP contribution in [0.3, 0.4) is 0 Å². The molecule has 3 aromatic rings. The number of ketones is 1. The Hall–Kier alpha value is -4.28. The highest BCUT2D eigenvalue weighted by Crippen LogP contribution is 2.39. The number of hydrogen-bond donors (Lipinski definition) is 0. The quantitative estimate of drug-likeness (QED) is 0.435. The van der Waals surface area contributed by atoms with Crippen LogP contribution >= 0.6 is 0 Å². The lowest BCUT2D eigenvalue weighted by molar-refractivity contribution is -0.129. The second-order valence-electron chi connectivity index (χ2n) is 8.10. The predicted octanol–water partition coefficient (Wildman–Crippen LogP) is 2.20. The van der Waals surface area contributed by atoms with Crippen molar-refractivity contribution in [1.82, 2.24) is 19.9 Å². The molecule has 0 N–H and O–H groups in total. The van der Waals surface area contributed by atoms with Crippen molar-refractivity contribution in [2.45, 2.75) is 6.92 Å². The van der Waals surface area contributed by atoms with Crippen molar-refractivity contribution in [2.75, 3.05) is 59.5 Å². The van der Waals surface area contributed by atoms with Gasteiger partial charge < -0.3 is 28.7 Å². The molecule has 0 saturated carbocycles. The monoisotopic (exact) mass is 495 g/mol. The number of carbonyl (C=O) groups excluding carboxylic acids is 2. The minimum absolute atomic E-state index is 0.0188. The number of amides is 1. The molecule has 1 aliphatic rings. The van der Waals surface area contributed by atoms with Crippen LogP contribution in [-0.4, -0.2) is 86.2 Å². The van der Waals surface area contributed by atoms with E-state index in [1.165, 1.54) is 26.1 Å². The summed E-state index contributed by atoms with van der Waals surface area (Å²) >= 11 is 0. The van der Waals surface area contributed by atoms with Crippen molar-refractivity contribution >= 4 is 17.5 Å². The summed E-state index contributed by atoms with van der Waals surface area (Å²) < 4.78 is 21.5. The molecule has 11 heteroatoms. The first kappa shape index (κ1) is 24.8. The summed E-state index contributed by atoms with van der Waals surface area (Å²) in [6, 6.07) is 10.4. The van der Waals surface area contributed by atoms with Gasteiger partial charge in [-0.05, 0) is 36.4 Å². The lowest BCUT2D eigenvalue weighted by atomic mass is 10.1. The number of hydrogen-bond acceptors (Lipinski definition) is 9. The zero-order valence-electron chi connectivity index (χ0n) is 21.0. The molecule has 0 aliphatic carbocycles. The molecule has 1 fully saturated rings. The van der Waals surface area contributed by atoms with Crippen LogP contribution in [0.4, 0.5) is 5.82 Å². The van der Waals surface area contributed by atoms with E-state index >= 15 is 0 Å². The third-order valence-electron chi connectivity index (χ3n) is 6.07. The second kappa shape index (κ2) is 10.5. The maximum Gasteiger partial charge on any atom is 0.219 e. The fourth-order valence-electron chi connectivity index (χ4n) is 4.07. The van der Waals surface area contributed by atoms with Crippen molar-refractivity contribution in [3.63, 3.8) is 0 Å². The largest absolute Gasteiger partial charge is 0.497 e. The SMILES string of the molecule is COc1ccc(-n2nc(C(=O)c3cc(OC)c(OC)c(OC)c3)c(N3CCN(C(C)=O)CC3)n2)cc1. The highest BCUT2D eigenvalue weighted by atomic mass is 16.5. The molecule has 1 aromatic heterocycles. The number of anilines is 1. The molecule has 2 aromatic carbocycles. The topological polar surface area (TPSA) is 108 Å². The van der Waals surface area contributed by atoms with Gasteiger partial charge in [0.2, 0.25) is 17.4 Å². The van der Waals surface area contributed by atoms with E-state index in [1.54, 1.807) is 43.2 Å². The summed E-state index contributed by atoms with van der Waals surface area (Å²) in [6.07, 6.45) is 0. The summed E-state index contributed by atoms with van der Waals surface area (Å²) in [5, 5.41) is 9.25. The average Bonchev–Trinajstić information content (AvgIpc) is 3.37. The van der Waals surface area contributed by atoms with Crippen molar-refractivity contribution in [3.8, 4) is 28.7 Å². The van der Waals surface area contributed by atoms with Crippen molar-refractivity contribution < 1.29 is 28.5 Å². The van der Waals surface area contributed by atoms with E-state index in [4.69, 9.17) is 18.9 Å². The van der Waals surface area contributed by atoms with Crippen LogP contribution in [0.15, 0.2) is 36.4 Å². The summed E-state index contributed by atoms with van der Waals surface area (Å²) in [5.41, 5.74) is 1.16. The fourth-order valence-corrected chi connectivity index (χ4v) is 4.07. The van der Waals surface area contributed by atoms with Gasteiger partial charge in [-0.15, -0.1) is 15.0 Å². The molecular formula is C25H29N5O6. The van der Waals surface area contributed by atoms with Gasteiger partial charge in [-0.25, -0.2) is 0 Å². The Balaban J connectivity index is 1.77. The summed E-state index contributed by atoms with van der Waals surface area (Å²) in [5.74, 6) is 1.91. The van der Waals surface area contributed by atoms with Crippen molar-refractivity contribution in [2.24, 2.45) is 0 Å². The number of piperazine rings is 1. The first-order chi connectivity index (χ1) is 17.4. The second-order valence-corrected chi connectivity index (χ2v) is 8.10. The fraction of sp³-hybridized carbons (Fsp3) is 0.360. The number of aromatic nitrogens is 3. The van der Waals surface area contributed by atoms with Crippen molar-refractivity contribution in [3.05, 3.63) is 47.7 Å². The normalized spacial score (nSPS) is 13.4. The summed E-state index contributed by atoms with van der Waals surface area (Å²) in [6.45, 7) is 3.66. The molecule has 190 valence electrons. The van der Waals surface area contributed by atoms with Crippen LogP contribution in [-0.2, 0) is 4.79 Å². The molecule has 0 spiro atoms. The smallest absolute Gasteiger partial charge is 0.219 e. The Morgan fingerprint density at radius 1 is 0.806 bits per heavy atom. The summed E-state index contributed by atoms with van der Waals surface area (Å²) in [4.78, 5) is 30.7. The molecule has 0 unspecified atom stereocenters. The molecule has 1 aliphatic heterocycles. The Bertz CT molecular complexity index is 1220. The zero-order valence-corrected chi connectivity index (χ0v) is 21.0. The zero-order chi connectivity index (χ0) is 25.8. The van der Waals surface area contributed by atoms with Crippen LogP contribution in [0.1, 0.15) is 23.0 Å². The maximum absolute atomic E-state index is 13.8. The van der Waals surface area contributed by atoms with E-state index in [9.17, 15) is 9.59 Å². The van der Waals surface area contributed by atoms with Crippen molar-refractivity contribution in [1.29, 1.82) is 0 Å². The number of benzene rings is 2. The van der Waals surface area contributed by atoms with Gasteiger partial charge in [0.05, 0.1) is 34.1 Å². The Morgan fingerprint density at radius 2 is 1.42 bits per heavy atom. The Labute approximate surface area is 209 Å². The van der Waals surface area contributed by atoms with Gasteiger partial charge in [0.1, 0.15) is 5.75 Å². The Morgan fingerprint density at radius 3 is 1.92 bits per heavy atom. The van der Waals surface area contributed by atoms with E-state index < -0.39 is 0 Å². The number of methoxy groups -OCH3 is 4. The standard InChI is InChI=1S/C25H29N5O6/c1-16(31)28-10-12-29(13-11-28)25-22(26-30(27-25)18-6-8-19(33-2)9-7-18)23(32)17-14-20(34-3)24(36-5)21(15-17)35-4/h6-9,14-15H,10-13H2,1-5H3. The number of ether oxygens (including phenoxy) is 4. The van der Waals surface area contributed by atoms with E-state index in [0.717, 1.165) is 0 Å². The summed E-state index contributed by atoms with van der Waals surface area (Å²) in [7, 11) is 6.08. The lowest BCUT2D eigenvalue weighted by Crippen LogP contribution is -2.48. The minimum Gasteiger partial charge on any atom is -0.497 e. The van der Waals surface area contributed by atoms with Gasteiger partial charge >= 0.3 is 0 Å². The van der Waals surface area contributed by atoms with E-state index in [0.29, 0.717) is 66.2 Å². The van der Waals surface area contributed by atoms with Crippen LogP contribution in [0.5, 0.6) is 23.0 Å². The minimum atomic E-state index is -0.349. The Kier molecular flexibility index (Phi) is 7.28. The third kappa shape index (κ3) is 4.77. The van der Waals surface area contributed by atoms with E-state index in [-0.39, 0.29) is 17.4 Å². The number of nitrogens with zero attached hydrogens (tertiary/aromatic N) is 5. The molecule has 1 saturated heterocycles. The molecule has 36 heavy (non-hydrogen) atoms. The van der Waals surface area contributed by atoms with E-state index in [1.807, 2.05) is 17.0 Å². The molecule has 1 amide bonds. The predicted molar refractivity (Wildman–Crippen MR) is 132 cm³/mol. The van der Waals surface area contributed by atoms with Crippen LogP contribution < -0.4 is 23.8 Å². The molecule has 2 heterocycles. The molecule has 0 radical (unpaired) electrons.